The molecule has 0 aliphatic heterocycles. The molecule has 0 aromatic rings. The summed E-state index contributed by atoms with van der Waals surface area (Å²) >= 11 is 7.96. The van der Waals surface area contributed by atoms with Gasteiger partial charge in [0.15, 0.2) is 5.96 Å². The summed E-state index contributed by atoms with van der Waals surface area (Å²) in [6.07, 6.45) is -5.15. The fourth-order valence-electron chi connectivity index (χ4n) is 7.60. The lowest BCUT2D eigenvalue weighted by atomic mass is 9.95. The van der Waals surface area contributed by atoms with E-state index in [0.717, 1.165) is 0 Å². The number of aliphatic hydroxyl groups is 1. The van der Waals surface area contributed by atoms with E-state index >= 15 is 0 Å². The Labute approximate surface area is 515 Å². The van der Waals surface area contributed by atoms with Gasteiger partial charge in [0, 0.05) is 37.3 Å². The number of aliphatic imine (C=N–C) groups is 1. The molecule has 0 aliphatic rings. The Morgan fingerprint density at radius 1 is 0.432 bits per heavy atom. The number of carboxylic acid groups (broad SMARTS) is 2. The lowest BCUT2D eigenvalue weighted by Gasteiger charge is -2.30. The summed E-state index contributed by atoms with van der Waals surface area (Å²) in [5.41, 5.74) is 37.5. The number of nitrogens with one attached hydrogen (secondary N) is 10. The molecule has 0 aromatic carbocycles. The Hall–Kier alpha value is -8.59. The van der Waals surface area contributed by atoms with Gasteiger partial charge in [0.05, 0.1) is 25.5 Å². The van der Waals surface area contributed by atoms with Crippen LogP contribution in [0.2, 0.25) is 0 Å². The van der Waals surface area contributed by atoms with Crippen LogP contribution in [0.3, 0.4) is 0 Å². The van der Waals surface area contributed by atoms with Crippen LogP contribution in [-0.2, 0) is 76.7 Å². The molecule has 39 heteroatoms. The van der Waals surface area contributed by atoms with Gasteiger partial charge in [-0.05, 0) is 43.9 Å². The number of amides is 14. The second-order valence-electron chi connectivity index (χ2n) is 20.3. The summed E-state index contributed by atoms with van der Waals surface area (Å²) in [6, 6.07) is -18.4. The molecule has 0 heterocycles. The van der Waals surface area contributed by atoms with Crippen LogP contribution in [0.5, 0.6) is 0 Å². The van der Waals surface area contributed by atoms with Crippen molar-refractivity contribution in [2.24, 2.45) is 57.0 Å². The van der Waals surface area contributed by atoms with Crippen molar-refractivity contribution in [2.45, 2.75) is 165 Å². The van der Waals surface area contributed by atoms with Crippen molar-refractivity contribution in [1.29, 1.82) is 0 Å². The second-order valence-corrected chi connectivity index (χ2v) is 21.0. The van der Waals surface area contributed by atoms with Gasteiger partial charge in [0.25, 0.3) is 0 Å². The minimum Gasteiger partial charge on any atom is -0.481 e. The summed E-state index contributed by atoms with van der Waals surface area (Å²) in [6.45, 7) is 5.05. The number of carbonyl (C=O) groups is 16. The maximum Gasteiger partial charge on any atom is 0.326 e. The largest absolute Gasteiger partial charge is 0.481 e. The van der Waals surface area contributed by atoms with Gasteiger partial charge in [-0.25, -0.2) is 4.79 Å². The number of primary amides is 4. The summed E-state index contributed by atoms with van der Waals surface area (Å²) in [5.74, 6) is -21.2. The minimum absolute atomic E-state index is 0.0105. The first kappa shape index (κ1) is 79.4. The maximum absolute atomic E-state index is 14.3. The fourth-order valence-corrected chi connectivity index (χ4v) is 8.02. The van der Waals surface area contributed by atoms with Gasteiger partial charge >= 0.3 is 11.9 Å². The molecular weight excluding hydrogens is 1210 g/mol. The summed E-state index contributed by atoms with van der Waals surface area (Å²) in [5, 5.41) is 51.8. The Kier molecular flexibility index (Phi) is 36.8. The fraction of sp³-hybridized carbons (Fsp3) is 0.653. The number of hydrogen-bond acceptors (Lipinski definition) is 21. The molecule has 496 valence electrons. The van der Waals surface area contributed by atoms with Crippen LogP contribution in [0.15, 0.2) is 4.99 Å². The van der Waals surface area contributed by atoms with Crippen molar-refractivity contribution in [1.82, 2.24) is 53.2 Å². The van der Waals surface area contributed by atoms with Gasteiger partial charge in [-0.15, -0.1) is 0 Å². The highest BCUT2D eigenvalue weighted by Gasteiger charge is 2.38. The number of hydrogen-bond donors (Lipinski definition) is 22. The van der Waals surface area contributed by atoms with Crippen LogP contribution >= 0.6 is 25.3 Å². The average Bonchev–Trinajstić information content (AvgIpc) is 3.48. The van der Waals surface area contributed by atoms with E-state index in [0.29, 0.717) is 0 Å². The van der Waals surface area contributed by atoms with Crippen molar-refractivity contribution in [3.8, 4) is 0 Å². The summed E-state index contributed by atoms with van der Waals surface area (Å²) < 4.78 is 0. The highest BCUT2D eigenvalue weighted by atomic mass is 32.1. The third kappa shape index (κ3) is 30.7. The quantitative estimate of drug-likeness (QED) is 0.0117. The lowest BCUT2D eigenvalue weighted by molar-refractivity contribution is -0.143. The number of carbonyl (C=O) groups excluding carboxylic acids is 14. The first-order valence-corrected chi connectivity index (χ1v) is 28.6. The van der Waals surface area contributed by atoms with Gasteiger partial charge in [-0.2, -0.15) is 25.3 Å². The Balaban J connectivity index is 6.88. The predicted molar refractivity (Wildman–Crippen MR) is 315 cm³/mol. The van der Waals surface area contributed by atoms with E-state index in [1.807, 2.05) is 5.32 Å². The lowest BCUT2D eigenvalue weighted by Crippen LogP contribution is -2.62. The van der Waals surface area contributed by atoms with E-state index in [1.54, 1.807) is 6.92 Å². The molecule has 27 N–H and O–H groups in total. The Morgan fingerprint density at radius 2 is 0.795 bits per heavy atom. The topological polar surface area (TPSA) is 649 Å². The van der Waals surface area contributed by atoms with Crippen molar-refractivity contribution >= 4 is 126 Å². The Bertz CT molecular complexity index is 2540. The smallest absolute Gasteiger partial charge is 0.326 e. The summed E-state index contributed by atoms with van der Waals surface area (Å²) in [4.78, 5) is 211. The van der Waals surface area contributed by atoms with Crippen molar-refractivity contribution in [3.63, 3.8) is 0 Å². The standard InChI is InChI=1S/C49H84N18O19S2/c1-5-21(4)37(47(84)66-36(20(2)3)46(83)60-23(7-6-14-57-49(55)56)39(76)58-24(8-11-31(51)69)40(77)61-26(48(85)86)10-13-33(53)71)67-41(78)25(9-12-32(52)70)59-45(82)30(19-88)65-43(80)28(16-35(73)74)63-42(79)27(15-34(54)72)62-44(81)29(17-68)64-38(75)22(50)18-87/h20-30,36-37,68,87-88H,5-19,50H2,1-4H3,(H2,51,69)(H2,52,70)(H2,53,71)(H2,54,72)(H,58,76)(H,59,82)(H,60,83)(H,61,77)(H,62,81)(H,63,79)(H,64,75)(H,65,80)(H,66,84)(H,67,78)(H,73,74)(H,85,86)(H4,55,56,57)/t21-,22-,23-,24-,25-,26-,27-,28-,29-,30-,36-,37-/m0/s1. The van der Waals surface area contributed by atoms with Gasteiger partial charge in [-0.3, -0.25) is 76.9 Å². The molecule has 0 fully saturated rings. The molecule has 0 unspecified atom stereocenters. The number of nitrogens with zero attached hydrogens (tertiary/aromatic N) is 1. The van der Waals surface area contributed by atoms with Crippen LogP contribution in [-0.4, -0.2) is 207 Å². The van der Waals surface area contributed by atoms with Crippen LogP contribution in [0.25, 0.3) is 0 Å². The van der Waals surface area contributed by atoms with E-state index in [1.165, 1.54) is 20.8 Å². The number of nitrogens with two attached hydrogens (primary N) is 7. The molecule has 14 amide bonds. The number of thiol groups is 2. The van der Waals surface area contributed by atoms with E-state index in [9.17, 15) is 92.0 Å². The highest BCUT2D eigenvalue weighted by molar-refractivity contribution is 7.80. The van der Waals surface area contributed by atoms with E-state index in [4.69, 9.17) is 40.1 Å². The molecule has 37 nitrogen and oxygen atoms in total. The van der Waals surface area contributed by atoms with Gasteiger partial charge in [0.2, 0.25) is 82.7 Å². The van der Waals surface area contributed by atoms with E-state index in [2.05, 4.69) is 78.1 Å². The number of aliphatic carboxylic acids is 2. The number of rotatable bonds is 44. The first-order chi connectivity index (χ1) is 41.0. The van der Waals surface area contributed by atoms with Gasteiger partial charge in [-0.1, -0.05) is 34.1 Å². The third-order valence-electron chi connectivity index (χ3n) is 12.8. The van der Waals surface area contributed by atoms with Crippen molar-refractivity contribution in [3.05, 3.63) is 0 Å². The molecule has 0 saturated heterocycles. The normalized spacial score (nSPS) is 15.0. The zero-order valence-corrected chi connectivity index (χ0v) is 50.7. The molecule has 0 aromatic heterocycles. The van der Waals surface area contributed by atoms with Gasteiger partial charge in [0.1, 0.15) is 60.4 Å². The third-order valence-corrected chi connectivity index (χ3v) is 13.5. The molecule has 0 bridgehead atoms. The van der Waals surface area contributed by atoms with Crippen LogP contribution in [0.1, 0.15) is 98.3 Å². The van der Waals surface area contributed by atoms with E-state index in [-0.39, 0.29) is 37.5 Å². The zero-order valence-electron chi connectivity index (χ0n) is 48.9. The molecule has 0 aliphatic carbocycles. The molecule has 88 heavy (non-hydrogen) atoms. The molecule has 0 spiro atoms. The number of carboxylic acids is 2. The molecular formula is C49H84N18O19S2. The molecule has 12 atom stereocenters. The SMILES string of the molecule is CC[C@H](C)[C@H](NC(=O)[C@H](CCC(N)=O)NC(=O)[C@H](CS)NC(=O)[C@H](CC(=O)O)NC(=O)[C@H](CC(N)=O)NC(=O)[C@H](CO)NC(=O)[C@@H](N)CS)C(=O)N[C@H](C(=O)N[C@@H](CCCN=C(N)N)C(=O)N[C@@H](CCC(N)=O)C(=O)N[C@@H](CCC(N)=O)C(=O)O)C(C)C. The summed E-state index contributed by atoms with van der Waals surface area (Å²) in [7, 11) is 0. The maximum atomic E-state index is 14.3. The van der Waals surface area contributed by atoms with Gasteiger partial charge < -0.3 is 109 Å². The predicted octanol–water partition coefficient (Wildman–Crippen LogP) is -10.00. The molecule has 0 radical (unpaired) electrons. The van der Waals surface area contributed by atoms with Crippen LogP contribution < -0.4 is 93.3 Å². The molecule has 0 saturated carbocycles. The minimum atomic E-state index is -2.08. The van der Waals surface area contributed by atoms with Crippen molar-refractivity contribution < 1.29 is 92.0 Å². The number of aliphatic hydroxyl groups excluding tert-OH is 1. The monoisotopic (exact) mass is 1290 g/mol. The highest BCUT2D eigenvalue weighted by Crippen LogP contribution is 2.14. The number of guanidine groups is 1. The zero-order chi connectivity index (χ0) is 67.7. The average molecular weight is 1290 g/mol. The second kappa shape index (κ2) is 40.7. The van der Waals surface area contributed by atoms with E-state index < -0.39 is 237 Å². The Morgan fingerprint density at radius 3 is 1.20 bits per heavy atom. The van der Waals surface area contributed by atoms with Crippen LogP contribution in [0, 0.1) is 11.8 Å². The van der Waals surface area contributed by atoms with Crippen molar-refractivity contribution in [2.75, 3.05) is 24.7 Å². The first-order valence-electron chi connectivity index (χ1n) is 27.3. The molecule has 0 rings (SSSR count). The van der Waals surface area contributed by atoms with Crippen LogP contribution in [0.4, 0.5) is 0 Å².